The molecule has 0 bridgehead atoms. The number of anilines is 3. The molecule has 0 aliphatic heterocycles. The highest BCUT2D eigenvalue weighted by Crippen LogP contribution is 2.47. The quantitative estimate of drug-likeness (QED) is 0.183. The minimum Gasteiger partial charge on any atom is -0.310 e. The number of rotatable bonds is 5. The van der Waals surface area contributed by atoms with E-state index in [0.29, 0.717) is 5.56 Å². The molecule has 1 aromatic heterocycles. The summed E-state index contributed by atoms with van der Waals surface area (Å²) in [5, 5.41) is 18.0. The summed E-state index contributed by atoms with van der Waals surface area (Å²) >= 11 is 1.85. The number of fused-ring (bicyclic) bond motifs is 3. The smallest absolute Gasteiger partial charge is 0.0992 e. The van der Waals surface area contributed by atoms with Crippen LogP contribution in [0.4, 0.5) is 17.1 Å². The van der Waals surface area contributed by atoms with Crippen molar-refractivity contribution in [1.82, 2.24) is 0 Å². The van der Waals surface area contributed by atoms with Gasteiger partial charge in [-0.15, -0.1) is 11.3 Å². The van der Waals surface area contributed by atoms with E-state index in [9.17, 15) is 5.26 Å². The first-order valence-corrected chi connectivity index (χ1v) is 16.2. The number of para-hydroxylation sites is 1. The zero-order chi connectivity index (χ0) is 30.6. The molecular weight excluding hydrogens is 577 g/mol. The van der Waals surface area contributed by atoms with Crippen LogP contribution in [0.5, 0.6) is 0 Å². The molecular formula is C43H26N2S. The molecule has 3 heteroatoms. The fourth-order valence-electron chi connectivity index (χ4n) is 6.93. The van der Waals surface area contributed by atoms with E-state index in [1.54, 1.807) is 0 Å². The molecule has 0 aliphatic carbocycles. The van der Waals surface area contributed by atoms with Crippen LogP contribution in [0, 0.1) is 11.3 Å². The van der Waals surface area contributed by atoms with Crippen molar-refractivity contribution in [2.45, 2.75) is 0 Å². The van der Waals surface area contributed by atoms with Crippen molar-refractivity contribution in [3.8, 4) is 28.3 Å². The molecule has 9 aromatic rings. The van der Waals surface area contributed by atoms with Gasteiger partial charge in [0, 0.05) is 37.2 Å². The van der Waals surface area contributed by atoms with Gasteiger partial charge in [0.15, 0.2) is 0 Å². The summed E-state index contributed by atoms with van der Waals surface area (Å²) in [6.45, 7) is 0. The van der Waals surface area contributed by atoms with Gasteiger partial charge in [0.25, 0.3) is 0 Å². The van der Waals surface area contributed by atoms with Crippen molar-refractivity contribution in [1.29, 1.82) is 5.26 Å². The van der Waals surface area contributed by atoms with E-state index in [1.807, 2.05) is 35.6 Å². The topological polar surface area (TPSA) is 27.0 Å². The van der Waals surface area contributed by atoms with Crippen LogP contribution < -0.4 is 4.90 Å². The van der Waals surface area contributed by atoms with Crippen LogP contribution in [0.15, 0.2) is 158 Å². The van der Waals surface area contributed by atoms with Gasteiger partial charge in [-0.3, -0.25) is 0 Å². The van der Waals surface area contributed by atoms with E-state index in [1.165, 1.54) is 47.3 Å². The molecule has 0 fully saturated rings. The van der Waals surface area contributed by atoms with Crippen LogP contribution >= 0.6 is 11.3 Å². The maximum absolute atomic E-state index is 10.3. The minimum absolute atomic E-state index is 0.627. The molecule has 0 spiro atoms. The van der Waals surface area contributed by atoms with Gasteiger partial charge in [-0.05, 0) is 104 Å². The Morgan fingerprint density at radius 3 is 1.78 bits per heavy atom. The van der Waals surface area contributed by atoms with Gasteiger partial charge in [-0.1, -0.05) is 97.1 Å². The van der Waals surface area contributed by atoms with Gasteiger partial charge in [-0.25, -0.2) is 0 Å². The van der Waals surface area contributed by atoms with E-state index in [-0.39, 0.29) is 0 Å². The minimum atomic E-state index is 0.627. The zero-order valence-corrected chi connectivity index (χ0v) is 25.6. The Hall–Kier alpha value is -5.95. The summed E-state index contributed by atoms with van der Waals surface area (Å²) in [6, 6.07) is 58.2. The molecule has 0 saturated heterocycles. The summed E-state index contributed by atoms with van der Waals surface area (Å²) in [5.41, 5.74) is 8.12. The average molecular weight is 603 g/mol. The molecule has 0 saturated carbocycles. The Labute approximate surface area is 271 Å². The Morgan fingerprint density at radius 1 is 0.413 bits per heavy atom. The standard InChI is InChI=1S/C43H26N2S/c44-27-28-22-31(32-25-39-37-15-8-7-14-36(37)38-16-9-17-40-42(38)43(39)41(26-32)46-40)24-35(23-28)45(33-12-5-2-6-13-33)34-20-18-30(19-21-34)29-10-3-1-4-11-29/h1-26H. The monoisotopic (exact) mass is 602 g/mol. The Morgan fingerprint density at radius 2 is 1.02 bits per heavy atom. The fraction of sp³-hybridized carbons (Fsp3) is 0. The molecule has 214 valence electrons. The molecule has 0 radical (unpaired) electrons. The van der Waals surface area contributed by atoms with Crippen LogP contribution in [0.2, 0.25) is 0 Å². The predicted molar refractivity (Wildman–Crippen MR) is 196 cm³/mol. The first-order chi connectivity index (χ1) is 22.7. The number of thiophene rings is 1. The second-order valence-corrected chi connectivity index (χ2v) is 12.8. The largest absolute Gasteiger partial charge is 0.310 e. The van der Waals surface area contributed by atoms with Crippen molar-refractivity contribution in [2.75, 3.05) is 4.90 Å². The van der Waals surface area contributed by atoms with Crippen molar-refractivity contribution in [2.24, 2.45) is 0 Å². The first kappa shape index (κ1) is 26.5. The molecule has 0 atom stereocenters. The number of nitrogens with zero attached hydrogens (tertiary/aromatic N) is 2. The average Bonchev–Trinajstić information content (AvgIpc) is 3.51. The maximum Gasteiger partial charge on any atom is 0.0992 e. The summed E-state index contributed by atoms with van der Waals surface area (Å²) in [4.78, 5) is 2.24. The van der Waals surface area contributed by atoms with E-state index < -0.39 is 0 Å². The lowest BCUT2D eigenvalue weighted by atomic mass is 9.91. The number of nitriles is 1. The van der Waals surface area contributed by atoms with Gasteiger partial charge in [0.2, 0.25) is 0 Å². The van der Waals surface area contributed by atoms with Crippen molar-refractivity contribution < 1.29 is 0 Å². The third-order valence-corrected chi connectivity index (χ3v) is 10.1. The maximum atomic E-state index is 10.3. The van der Waals surface area contributed by atoms with E-state index in [0.717, 1.165) is 33.8 Å². The normalized spacial score (nSPS) is 11.5. The van der Waals surface area contributed by atoms with Gasteiger partial charge < -0.3 is 4.90 Å². The third kappa shape index (κ3) is 4.24. The van der Waals surface area contributed by atoms with Crippen molar-refractivity contribution >= 4 is 70.1 Å². The second-order valence-electron chi connectivity index (χ2n) is 11.7. The van der Waals surface area contributed by atoms with Crippen molar-refractivity contribution in [3.63, 3.8) is 0 Å². The summed E-state index contributed by atoms with van der Waals surface area (Å²) < 4.78 is 2.57. The highest BCUT2D eigenvalue weighted by molar-refractivity contribution is 7.26. The van der Waals surface area contributed by atoms with Gasteiger partial charge >= 0.3 is 0 Å². The van der Waals surface area contributed by atoms with E-state index >= 15 is 0 Å². The number of benzene rings is 8. The molecule has 46 heavy (non-hydrogen) atoms. The predicted octanol–water partition coefficient (Wildman–Crippen LogP) is 12.5. The molecule has 0 amide bonds. The number of hydrogen-bond acceptors (Lipinski definition) is 3. The number of hydrogen-bond donors (Lipinski definition) is 0. The van der Waals surface area contributed by atoms with Gasteiger partial charge in [-0.2, -0.15) is 5.26 Å². The first-order valence-electron chi connectivity index (χ1n) is 15.4. The van der Waals surface area contributed by atoms with Gasteiger partial charge in [0.1, 0.15) is 0 Å². The lowest BCUT2D eigenvalue weighted by Crippen LogP contribution is -2.10. The SMILES string of the molecule is N#Cc1cc(-c2cc3sc4cccc5c6ccccc6c(c2)c3c45)cc(N(c2ccccc2)c2ccc(-c3ccccc3)cc2)c1. The van der Waals surface area contributed by atoms with Crippen LogP contribution in [-0.4, -0.2) is 0 Å². The van der Waals surface area contributed by atoms with E-state index in [4.69, 9.17) is 0 Å². The third-order valence-electron chi connectivity index (χ3n) is 8.99. The van der Waals surface area contributed by atoms with Crippen LogP contribution in [0.25, 0.3) is 64.0 Å². The fourth-order valence-corrected chi connectivity index (χ4v) is 8.13. The molecule has 0 N–H and O–H groups in total. The summed E-state index contributed by atoms with van der Waals surface area (Å²) in [5.74, 6) is 0. The molecule has 9 rings (SSSR count). The molecule has 1 heterocycles. The molecule has 0 unspecified atom stereocenters. The Bertz CT molecular complexity index is 2580. The Kier molecular flexibility index (Phi) is 6.09. The molecule has 0 aliphatic rings. The van der Waals surface area contributed by atoms with E-state index in [2.05, 4.69) is 144 Å². The second kappa shape index (κ2) is 10.6. The lowest BCUT2D eigenvalue weighted by Gasteiger charge is -2.26. The van der Waals surface area contributed by atoms with Gasteiger partial charge in [0.05, 0.1) is 11.6 Å². The lowest BCUT2D eigenvalue weighted by molar-refractivity contribution is 1.28. The van der Waals surface area contributed by atoms with Crippen LogP contribution in [-0.2, 0) is 0 Å². The Balaban J connectivity index is 1.25. The zero-order valence-electron chi connectivity index (χ0n) is 24.8. The summed E-state index contributed by atoms with van der Waals surface area (Å²) in [6.07, 6.45) is 0. The van der Waals surface area contributed by atoms with Crippen molar-refractivity contribution in [3.05, 3.63) is 163 Å². The molecule has 2 nitrogen and oxygen atoms in total. The highest BCUT2D eigenvalue weighted by Gasteiger charge is 2.19. The van der Waals surface area contributed by atoms with Crippen LogP contribution in [0.1, 0.15) is 5.56 Å². The summed E-state index contributed by atoms with van der Waals surface area (Å²) in [7, 11) is 0. The van der Waals surface area contributed by atoms with Crippen LogP contribution in [0.3, 0.4) is 0 Å². The molecule has 8 aromatic carbocycles. The highest BCUT2D eigenvalue weighted by atomic mass is 32.1.